The van der Waals surface area contributed by atoms with E-state index in [1.165, 1.54) is 11.8 Å². The number of aliphatic hydroxyl groups excluding tert-OH is 1. The first-order chi connectivity index (χ1) is 19.9. The van der Waals surface area contributed by atoms with Crippen molar-refractivity contribution in [3.63, 3.8) is 0 Å². The second-order valence-corrected chi connectivity index (χ2v) is 10.6. The maximum absolute atomic E-state index is 12.9. The van der Waals surface area contributed by atoms with Crippen LogP contribution in [0, 0.1) is 6.92 Å². The Morgan fingerprint density at radius 2 is 1.93 bits per heavy atom. The van der Waals surface area contributed by atoms with E-state index in [2.05, 4.69) is 17.2 Å². The number of benzene rings is 2. The third kappa shape index (κ3) is 6.15. The standard InChI is InChI=1S/C32H31N3O5S/c1-4-21-8-6-10-25-22(18-35(29(21)25)19-27(36)33-17-24-9-7-15-40-24)16-26-30(37)28(32(38)39-5-2)31(41-26)34-23-13-11-20(3)12-14-23/h6-16,18,37H,4-5,17,19H2,1-3H3,(H,33,36)/b26-16-,34-31?. The maximum atomic E-state index is 12.9. The van der Waals surface area contributed by atoms with Gasteiger partial charge in [0.25, 0.3) is 0 Å². The number of furan rings is 1. The van der Waals surface area contributed by atoms with Crippen molar-refractivity contribution < 1.29 is 23.8 Å². The lowest BCUT2D eigenvalue weighted by molar-refractivity contribution is -0.138. The fourth-order valence-electron chi connectivity index (χ4n) is 4.67. The Balaban J connectivity index is 1.52. The molecule has 2 aromatic carbocycles. The van der Waals surface area contributed by atoms with Gasteiger partial charge >= 0.3 is 5.97 Å². The first kappa shape index (κ1) is 28.0. The Labute approximate surface area is 242 Å². The third-order valence-electron chi connectivity index (χ3n) is 6.67. The smallest absolute Gasteiger partial charge is 0.344 e. The fourth-order valence-corrected chi connectivity index (χ4v) is 5.70. The summed E-state index contributed by atoms with van der Waals surface area (Å²) in [5, 5.41) is 15.4. The van der Waals surface area contributed by atoms with Crippen LogP contribution in [-0.4, -0.2) is 33.2 Å². The van der Waals surface area contributed by atoms with Crippen molar-refractivity contribution in [2.75, 3.05) is 6.61 Å². The molecule has 1 aliphatic heterocycles. The summed E-state index contributed by atoms with van der Waals surface area (Å²) in [5.74, 6) is -0.284. The molecule has 210 valence electrons. The van der Waals surface area contributed by atoms with Crippen LogP contribution in [0.3, 0.4) is 0 Å². The molecule has 9 heteroatoms. The molecule has 0 fully saturated rings. The molecule has 2 N–H and O–H groups in total. The molecule has 0 saturated heterocycles. The summed E-state index contributed by atoms with van der Waals surface area (Å²) in [5.41, 5.74) is 4.65. The largest absolute Gasteiger partial charge is 0.506 e. The quantitative estimate of drug-likeness (QED) is 0.220. The summed E-state index contributed by atoms with van der Waals surface area (Å²) >= 11 is 1.21. The Morgan fingerprint density at radius 1 is 1.12 bits per heavy atom. The molecule has 1 amide bonds. The van der Waals surface area contributed by atoms with Gasteiger partial charge in [-0.1, -0.05) is 54.6 Å². The van der Waals surface area contributed by atoms with Crippen molar-refractivity contribution in [2.45, 2.75) is 40.3 Å². The summed E-state index contributed by atoms with van der Waals surface area (Å²) in [6.07, 6.45) is 6.08. The van der Waals surface area contributed by atoms with Gasteiger partial charge in [0.2, 0.25) is 5.91 Å². The zero-order chi connectivity index (χ0) is 28.9. The zero-order valence-electron chi connectivity index (χ0n) is 23.1. The van der Waals surface area contributed by atoms with Crippen molar-refractivity contribution in [3.8, 4) is 0 Å². The van der Waals surface area contributed by atoms with E-state index in [4.69, 9.17) is 9.15 Å². The molecule has 4 aromatic rings. The number of aliphatic imine (C=N–C) groups is 1. The monoisotopic (exact) mass is 569 g/mol. The van der Waals surface area contributed by atoms with Gasteiger partial charge in [0, 0.05) is 17.1 Å². The number of amides is 1. The molecule has 0 bridgehead atoms. The van der Waals surface area contributed by atoms with E-state index in [-0.39, 0.29) is 30.4 Å². The van der Waals surface area contributed by atoms with Crippen LogP contribution in [0.1, 0.15) is 36.3 Å². The number of carbonyl (C=O) groups excluding carboxylic acids is 2. The minimum atomic E-state index is -0.629. The Bertz CT molecular complexity index is 1680. The number of para-hydroxylation sites is 1. The number of hydrogen-bond acceptors (Lipinski definition) is 7. The van der Waals surface area contributed by atoms with Gasteiger partial charge in [-0.15, -0.1) is 0 Å². The first-order valence-electron chi connectivity index (χ1n) is 13.4. The van der Waals surface area contributed by atoms with Crippen molar-refractivity contribution in [1.82, 2.24) is 9.88 Å². The summed E-state index contributed by atoms with van der Waals surface area (Å²) in [6, 6.07) is 17.2. The molecule has 0 radical (unpaired) electrons. The van der Waals surface area contributed by atoms with Crippen molar-refractivity contribution in [2.24, 2.45) is 4.99 Å². The van der Waals surface area contributed by atoms with E-state index in [9.17, 15) is 14.7 Å². The number of aromatic nitrogens is 1. The highest BCUT2D eigenvalue weighted by molar-refractivity contribution is 8.18. The number of rotatable bonds is 9. The van der Waals surface area contributed by atoms with Gasteiger partial charge in [0.05, 0.1) is 35.5 Å². The minimum absolute atomic E-state index is 0.0407. The molecule has 0 spiro atoms. The second-order valence-electron chi connectivity index (χ2n) is 9.54. The van der Waals surface area contributed by atoms with E-state index in [0.717, 1.165) is 34.0 Å². The van der Waals surface area contributed by atoms with Crippen LogP contribution in [0.25, 0.3) is 17.0 Å². The van der Waals surface area contributed by atoms with Crippen LogP contribution in [0.15, 0.2) is 92.7 Å². The number of hydrogen-bond donors (Lipinski definition) is 2. The van der Waals surface area contributed by atoms with Gasteiger partial charge in [0.15, 0.2) is 0 Å². The predicted molar refractivity (Wildman–Crippen MR) is 162 cm³/mol. The summed E-state index contributed by atoms with van der Waals surface area (Å²) < 4.78 is 12.5. The lowest BCUT2D eigenvalue weighted by atomic mass is 10.1. The number of aryl methyl sites for hydroxylation is 2. The fraction of sp³-hybridized carbons (Fsp3) is 0.219. The molecule has 1 aliphatic rings. The van der Waals surface area contributed by atoms with Crippen molar-refractivity contribution in [1.29, 1.82) is 0 Å². The number of nitrogens with one attached hydrogen (secondary N) is 1. The van der Waals surface area contributed by atoms with Crippen molar-refractivity contribution in [3.05, 3.63) is 106 Å². The van der Waals surface area contributed by atoms with Gasteiger partial charge < -0.3 is 24.1 Å². The topological polar surface area (TPSA) is 106 Å². The Kier molecular flexibility index (Phi) is 8.45. The molecule has 0 aliphatic carbocycles. The summed E-state index contributed by atoms with van der Waals surface area (Å²) in [7, 11) is 0. The maximum Gasteiger partial charge on any atom is 0.344 e. The van der Waals surface area contributed by atoms with Crippen LogP contribution in [0.5, 0.6) is 0 Å². The normalized spacial score (nSPS) is 15.3. The lowest BCUT2D eigenvalue weighted by Crippen LogP contribution is -2.26. The van der Waals surface area contributed by atoms with Gasteiger partial charge in [-0.2, -0.15) is 0 Å². The number of aliphatic hydroxyl groups is 1. The molecule has 0 unspecified atom stereocenters. The average molecular weight is 570 g/mol. The number of thioether (sulfide) groups is 1. The summed E-state index contributed by atoms with van der Waals surface area (Å²) in [6.45, 7) is 6.36. The Morgan fingerprint density at radius 3 is 2.63 bits per heavy atom. The number of fused-ring (bicyclic) bond motifs is 1. The second kappa shape index (κ2) is 12.3. The number of ether oxygens (including phenoxy) is 1. The van der Waals surface area contributed by atoms with E-state index in [0.29, 0.717) is 27.9 Å². The van der Waals surface area contributed by atoms with Gasteiger partial charge in [-0.05, 0) is 56.2 Å². The van der Waals surface area contributed by atoms with E-state index in [1.807, 2.05) is 72.3 Å². The van der Waals surface area contributed by atoms with E-state index in [1.54, 1.807) is 19.3 Å². The highest BCUT2D eigenvalue weighted by Crippen LogP contribution is 2.41. The molecular formula is C32H31N3O5S. The van der Waals surface area contributed by atoms with Gasteiger partial charge in [-0.3, -0.25) is 4.79 Å². The molecule has 0 atom stereocenters. The van der Waals surface area contributed by atoms with Gasteiger partial charge in [-0.25, -0.2) is 9.79 Å². The van der Waals surface area contributed by atoms with E-state index >= 15 is 0 Å². The molecule has 3 heterocycles. The SMILES string of the molecule is CCOC(=O)C1=C(O)/C(=C/c2cn(CC(=O)NCc3ccco3)c3c(CC)cccc23)SC1=Nc1ccc(C)cc1. The third-order valence-corrected chi connectivity index (χ3v) is 7.69. The van der Waals surface area contributed by atoms with Crippen LogP contribution in [0.2, 0.25) is 0 Å². The molecule has 8 nitrogen and oxygen atoms in total. The highest BCUT2D eigenvalue weighted by Gasteiger charge is 2.33. The van der Waals surface area contributed by atoms with Crippen molar-refractivity contribution >= 4 is 51.3 Å². The molecule has 2 aromatic heterocycles. The van der Waals surface area contributed by atoms with Gasteiger partial charge in [0.1, 0.15) is 28.7 Å². The van der Waals surface area contributed by atoms with Crippen LogP contribution in [-0.2, 0) is 33.8 Å². The molecule has 41 heavy (non-hydrogen) atoms. The predicted octanol–water partition coefficient (Wildman–Crippen LogP) is 6.61. The van der Waals surface area contributed by atoms with Crippen LogP contribution in [0.4, 0.5) is 5.69 Å². The minimum Gasteiger partial charge on any atom is -0.506 e. The zero-order valence-corrected chi connectivity index (χ0v) is 24.0. The number of carbonyl (C=O) groups is 2. The van der Waals surface area contributed by atoms with Crippen LogP contribution < -0.4 is 5.32 Å². The van der Waals surface area contributed by atoms with Crippen LogP contribution >= 0.6 is 11.8 Å². The molecular weight excluding hydrogens is 538 g/mol. The average Bonchev–Trinajstić information content (AvgIpc) is 3.68. The molecule has 5 rings (SSSR count). The first-order valence-corrected chi connectivity index (χ1v) is 14.2. The summed E-state index contributed by atoms with van der Waals surface area (Å²) in [4.78, 5) is 30.9. The molecule has 0 saturated carbocycles. The van der Waals surface area contributed by atoms with E-state index < -0.39 is 5.97 Å². The Hall–Kier alpha value is -4.50. The number of nitrogens with zero attached hydrogens (tertiary/aromatic N) is 2. The number of esters is 1. The lowest BCUT2D eigenvalue weighted by Gasteiger charge is -2.09. The highest BCUT2D eigenvalue weighted by atomic mass is 32.2.